The van der Waals surface area contributed by atoms with Crippen LogP contribution in [0.15, 0.2) is 18.2 Å². The van der Waals surface area contributed by atoms with Crippen LogP contribution < -0.4 is 14.8 Å². The SMILES string of the molecule is COc1ccc(OCC(F)(F)F)c(CNC(C)(C)C)c1. The minimum atomic E-state index is -4.35. The lowest BCUT2D eigenvalue weighted by Gasteiger charge is -2.22. The Morgan fingerprint density at radius 1 is 1.15 bits per heavy atom. The molecule has 1 N–H and O–H groups in total. The second kappa shape index (κ2) is 6.35. The van der Waals surface area contributed by atoms with Gasteiger partial charge in [0.15, 0.2) is 6.61 Å². The van der Waals surface area contributed by atoms with Crippen LogP contribution in [0, 0.1) is 0 Å². The van der Waals surface area contributed by atoms with Crippen LogP contribution in [0.4, 0.5) is 13.2 Å². The number of hydrogen-bond donors (Lipinski definition) is 1. The van der Waals surface area contributed by atoms with Gasteiger partial charge in [0.25, 0.3) is 0 Å². The van der Waals surface area contributed by atoms with Gasteiger partial charge in [0.1, 0.15) is 11.5 Å². The third-order valence-corrected chi connectivity index (χ3v) is 2.47. The lowest BCUT2D eigenvalue weighted by molar-refractivity contribution is -0.153. The smallest absolute Gasteiger partial charge is 0.422 e. The van der Waals surface area contributed by atoms with E-state index in [4.69, 9.17) is 9.47 Å². The quantitative estimate of drug-likeness (QED) is 0.900. The van der Waals surface area contributed by atoms with E-state index in [1.54, 1.807) is 12.1 Å². The van der Waals surface area contributed by atoms with Crippen molar-refractivity contribution in [3.63, 3.8) is 0 Å². The van der Waals surface area contributed by atoms with Crippen molar-refractivity contribution in [3.05, 3.63) is 23.8 Å². The van der Waals surface area contributed by atoms with Gasteiger partial charge in [-0.2, -0.15) is 13.2 Å². The molecule has 0 amide bonds. The van der Waals surface area contributed by atoms with Crippen molar-refractivity contribution >= 4 is 0 Å². The van der Waals surface area contributed by atoms with E-state index in [0.717, 1.165) is 0 Å². The molecule has 0 saturated heterocycles. The third kappa shape index (κ3) is 6.14. The molecule has 0 bridgehead atoms. The van der Waals surface area contributed by atoms with E-state index in [1.165, 1.54) is 13.2 Å². The van der Waals surface area contributed by atoms with Crippen LogP contribution in [0.1, 0.15) is 26.3 Å². The highest BCUT2D eigenvalue weighted by molar-refractivity contribution is 5.40. The second-order valence-electron chi connectivity index (χ2n) is 5.48. The molecule has 0 aliphatic carbocycles. The molecule has 1 aromatic rings. The summed E-state index contributed by atoms with van der Waals surface area (Å²) in [7, 11) is 1.51. The fraction of sp³-hybridized carbons (Fsp3) is 0.571. The monoisotopic (exact) mass is 291 g/mol. The molecule has 0 saturated carbocycles. The van der Waals surface area contributed by atoms with Crippen LogP contribution >= 0.6 is 0 Å². The first-order valence-electron chi connectivity index (χ1n) is 6.22. The van der Waals surface area contributed by atoms with Crippen molar-refractivity contribution in [3.8, 4) is 11.5 Å². The fourth-order valence-electron chi connectivity index (χ4n) is 1.48. The van der Waals surface area contributed by atoms with E-state index in [0.29, 0.717) is 17.9 Å². The average Bonchev–Trinajstić information content (AvgIpc) is 2.32. The summed E-state index contributed by atoms with van der Waals surface area (Å²) in [4.78, 5) is 0. The zero-order valence-corrected chi connectivity index (χ0v) is 12.1. The lowest BCUT2D eigenvalue weighted by atomic mass is 10.1. The van der Waals surface area contributed by atoms with Crippen LogP contribution in [-0.2, 0) is 6.54 Å². The number of nitrogens with one attached hydrogen (secondary N) is 1. The Bertz CT molecular complexity index is 439. The third-order valence-electron chi connectivity index (χ3n) is 2.47. The predicted molar refractivity (Wildman–Crippen MR) is 71.1 cm³/mol. The molecule has 0 atom stereocenters. The van der Waals surface area contributed by atoms with Gasteiger partial charge in [0.2, 0.25) is 0 Å². The summed E-state index contributed by atoms with van der Waals surface area (Å²) in [6.07, 6.45) is -4.35. The molecule has 0 aliphatic rings. The normalized spacial score (nSPS) is 12.3. The number of halogens is 3. The topological polar surface area (TPSA) is 30.5 Å². The first kappa shape index (κ1) is 16.6. The molecule has 0 aliphatic heterocycles. The highest BCUT2D eigenvalue weighted by atomic mass is 19.4. The van der Waals surface area contributed by atoms with Gasteiger partial charge in [0.05, 0.1) is 7.11 Å². The Morgan fingerprint density at radius 2 is 1.80 bits per heavy atom. The standard InChI is InChI=1S/C14H20F3NO2/c1-13(2,3)18-8-10-7-11(19-4)5-6-12(10)20-9-14(15,16)17/h5-7,18H,8-9H2,1-4H3. The molecule has 0 heterocycles. The zero-order chi connectivity index (χ0) is 15.4. The average molecular weight is 291 g/mol. The summed E-state index contributed by atoms with van der Waals surface area (Å²) >= 11 is 0. The maximum Gasteiger partial charge on any atom is 0.422 e. The van der Waals surface area contributed by atoms with E-state index < -0.39 is 12.8 Å². The van der Waals surface area contributed by atoms with E-state index in [9.17, 15) is 13.2 Å². The predicted octanol–water partition coefficient (Wildman–Crippen LogP) is 3.52. The summed E-state index contributed by atoms with van der Waals surface area (Å²) in [6, 6.07) is 4.74. The first-order valence-corrected chi connectivity index (χ1v) is 6.22. The van der Waals surface area contributed by atoms with E-state index in [-0.39, 0.29) is 11.3 Å². The minimum Gasteiger partial charge on any atom is -0.497 e. The number of hydrogen-bond acceptors (Lipinski definition) is 3. The van der Waals surface area contributed by atoms with E-state index >= 15 is 0 Å². The maximum atomic E-state index is 12.2. The Labute approximate surface area is 117 Å². The Hall–Kier alpha value is -1.43. The minimum absolute atomic E-state index is 0.148. The molecule has 0 spiro atoms. The van der Waals surface area contributed by atoms with Gasteiger partial charge >= 0.3 is 6.18 Å². The largest absolute Gasteiger partial charge is 0.497 e. The van der Waals surface area contributed by atoms with Crippen molar-refractivity contribution in [2.45, 2.75) is 39.0 Å². The van der Waals surface area contributed by atoms with Gasteiger partial charge in [-0.25, -0.2) is 0 Å². The highest BCUT2D eigenvalue weighted by Gasteiger charge is 2.28. The number of alkyl halides is 3. The van der Waals surface area contributed by atoms with Crippen molar-refractivity contribution in [1.29, 1.82) is 0 Å². The molecule has 0 aromatic heterocycles. The summed E-state index contributed by atoms with van der Waals surface area (Å²) in [6.45, 7) is 5.02. The van der Waals surface area contributed by atoms with Gasteiger partial charge in [-0.05, 0) is 39.0 Å². The fourth-order valence-corrected chi connectivity index (χ4v) is 1.48. The molecule has 6 heteroatoms. The van der Waals surface area contributed by atoms with Gasteiger partial charge in [0, 0.05) is 17.6 Å². The first-order chi connectivity index (χ1) is 9.11. The molecule has 3 nitrogen and oxygen atoms in total. The van der Waals surface area contributed by atoms with Crippen LogP contribution in [0.2, 0.25) is 0 Å². The van der Waals surface area contributed by atoms with Gasteiger partial charge in [-0.1, -0.05) is 0 Å². The van der Waals surface area contributed by atoms with Crippen LogP contribution in [0.3, 0.4) is 0 Å². The number of ether oxygens (including phenoxy) is 2. The second-order valence-corrected chi connectivity index (χ2v) is 5.48. The van der Waals surface area contributed by atoms with Crippen molar-refractivity contribution in [1.82, 2.24) is 5.32 Å². The van der Waals surface area contributed by atoms with Crippen molar-refractivity contribution in [2.75, 3.05) is 13.7 Å². The molecule has 1 aromatic carbocycles. The summed E-state index contributed by atoms with van der Waals surface area (Å²) in [5.74, 6) is 0.787. The summed E-state index contributed by atoms with van der Waals surface area (Å²) in [5, 5.41) is 3.21. The highest BCUT2D eigenvalue weighted by Crippen LogP contribution is 2.26. The lowest BCUT2D eigenvalue weighted by Crippen LogP contribution is -2.35. The molecule has 0 radical (unpaired) electrons. The van der Waals surface area contributed by atoms with E-state index in [2.05, 4.69) is 5.32 Å². The Balaban J connectivity index is 2.86. The zero-order valence-electron chi connectivity index (χ0n) is 12.1. The number of benzene rings is 1. The molecule has 20 heavy (non-hydrogen) atoms. The van der Waals surface area contributed by atoms with Gasteiger partial charge < -0.3 is 14.8 Å². The molecule has 0 unspecified atom stereocenters. The number of methoxy groups -OCH3 is 1. The van der Waals surface area contributed by atoms with Crippen molar-refractivity contribution in [2.24, 2.45) is 0 Å². The van der Waals surface area contributed by atoms with Crippen LogP contribution in [-0.4, -0.2) is 25.4 Å². The molecule has 114 valence electrons. The van der Waals surface area contributed by atoms with E-state index in [1.807, 2.05) is 20.8 Å². The molecular weight excluding hydrogens is 271 g/mol. The van der Waals surface area contributed by atoms with Crippen molar-refractivity contribution < 1.29 is 22.6 Å². The van der Waals surface area contributed by atoms with Gasteiger partial charge in [-0.3, -0.25) is 0 Å². The summed E-state index contributed by atoms with van der Waals surface area (Å²) in [5.41, 5.74) is 0.480. The molecule has 1 rings (SSSR count). The summed E-state index contributed by atoms with van der Waals surface area (Å²) < 4.78 is 46.6. The van der Waals surface area contributed by atoms with Crippen LogP contribution in [0.25, 0.3) is 0 Å². The van der Waals surface area contributed by atoms with Gasteiger partial charge in [-0.15, -0.1) is 0 Å². The Morgan fingerprint density at radius 3 is 2.30 bits per heavy atom. The van der Waals surface area contributed by atoms with Crippen LogP contribution in [0.5, 0.6) is 11.5 Å². The maximum absolute atomic E-state index is 12.2. The Kier molecular flexibility index (Phi) is 5.28. The number of rotatable bonds is 5. The molecule has 0 fully saturated rings. The molecular formula is C14H20F3NO2.